The van der Waals surface area contributed by atoms with Crippen LogP contribution in [0.15, 0.2) is 24.3 Å². The lowest BCUT2D eigenvalue weighted by molar-refractivity contribution is -0.139. The van der Waals surface area contributed by atoms with Crippen molar-refractivity contribution in [1.82, 2.24) is 5.32 Å². The summed E-state index contributed by atoms with van der Waals surface area (Å²) in [5.41, 5.74) is 0.923. The average molecular weight is 239 g/mol. The predicted octanol–water partition coefficient (Wildman–Crippen LogP) is 2.24. The second-order valence-electron chi connectivity index (χ2n) is 4.49. The van der Waals surface area contributed by atoms with Crippen molar-refractivity contribution in [2.75, 3.05) is 19.8 Å². The molecule has 0 bridgehead atoms. The zero-order valence-corrected chi connectivity index (χ0v) is 10.2. The number of hydrogen-bond donors (Lipinski definition) is 1. The van der Waals surface area contributed by atoms with E-state index in [1.54, 1.807) is 6.07 Å². The third kappa shape index (κ3) is 3.25. The van der Waals surface area contributed by atoms with Crippen LogP contribution in [0.3, 0.4) is 0 Å². The van der Waals surface area contributed by atoms with Gasteiger partial charge in [0.05, 0.1) is 13.2 Å². The molecule has 0 amide bonds. The molecular weight excluding hydrogens is 221 g/mol. The molecule has 94 valence electrons. The minimum Gasteiger partial charge on any atom is -0.347 e. The molecule has 1 saturated heterocycles. The minimum absolute atomic E-state index is 0.0651. The molecule has 1 aliphatic rings. The summed E-state index contributed by atoms with van der Waals surface area (Å²) < 4.78 is 24.1. The molecule has 1 heterocycles. The Morgan fingerprint density at radius 1 is 1.41 bits per heavy atom. The fourth-order valence-electron chi connectivity index (χ4n) is 1.89. The van der Waals surface area contributed by atoms with Crippen molar-refractivity contribution in [3.8, 4) is 0 Å². The number of rotatable bonds is 4. The van der Waals surface area contributed by atoms with Crippen molar-refractivity contribution < 1.29 is 13.9 Å². The Labute approximate surface area is 101 Å². The van der Waals surface area contributed by atoms with Crippen LogP contribution in [0.1, 0.15) is 25.5 Å². The van der Waals surface area contributed by atoms with E-state index in [2.05, 4.69) is 5.32 Å². The molecule has 1 aromatic rings. The van der Waals surface area contributed by atoms with Gasteiger partial charge in [-0.2, -0.15) is 0 Å². The van der Waals surface area contributed by atoms with Gasteiger partial charge in [-0.05, 0) is 31.5 Å². The maximum Gasteiger partial charge on any atom is 0.178 e. The van der Waals surface area contributed by atoms with E-state index < -0.39 is 5.79 Å². The summed E-state index contributed by atoms with van der Waals surface area (Å²) in [6, 6.07) is 6.67. The summed E-state index contributed by atoms with van der Waals surface area (Å²) in [6.07, 6.45) is 0. The Balaban J connectivity index is 1.91. The zero-order chi connectivity index (χ0) is 12.3. The van der Waals surface area contributed by atoms with Gasteiger partial charge < -0.3 is 14.8 Å². The summed E-state index contributed by atoms with van der Waals surface area (Å²) in [4.78, 5) is 0. The van der Waals surface area contributed by atoms with Crippen LogP contribution in [-0.2, 0) is 9.47 Å². The van der Waals surface area contributed by atoms with Crippen LogP contribution < -0.4 is 5.32 Å². The number of nitrogens with one attached hydrogen (secondary N) is 1. The third-order valence-electron chi connectivity index (χ3n) is 2.98. The van der Waals surface area contributed by atoms with Crippen LogP contribution in [0.25, 0.3) is 0 Å². The Morgan fingerprint density at radius 3 is 2.76 bits per heavy atom. The van der Waals surface area contributed by atoms with Crippen LogP contribution >= 0.6 is 0 Å². The van der Waals surface area contributed by atoms with Gasteiger partial charge in [-0.1, -0.05) is 12.1 Å². The molecule has 1 atom stereocenters. The number of benzene rings is 1. The molecule has 0 aromatic heterocycles. The van der Waals surface area contributed by atoms with E-state index in [1.807, 2.05) is 19.9 Å². The van der Waals surface area contributed by atoms with E-state index in [9.17, 15) is 4.39 Å². The van der Waals surface area contributed by atoms with Crippen LogP contribution in [0.5, 0.6) is 0 Å². The Morgan fingerprint density at radius 2 is 2.12 bits per heavy atom. The molecule has 17 heavy (non-hydrogen) atoms. The fourth-order valence-corrected chi connectivity index (χ4v) is 1.89. The average Bonchev–Trinajstić information content (AvgIpc) is 2.74. The first-order chi connectivity index (χ1) is 8.09. The highest BCUT2D eigenvalue weighted by atomic mass is 19.1. The monoisotopic (exact) mass is 239 g/mol. The first kappa shape index (κ1) is 12.5. The van der Waals surface area contributed by atoms with Crippen LogP contribution in [-0.4, -0.2) is 25.5 Å². The lowest BCUT2D eigenvalue weighted by Crippen LogP contribution is -2.39. The van der Waals surface area contributed by atoms with Crippen molar-refractivity contribution in [3.05, 3.63) is 35.6 Å². The number of ether oxygens (including phenoxy) is 2. The lowest BCUT2D eigenvalue weighted by atomic mass is 10.1. The molecule has 0 spiro atoms. The van der Waals surface area contributed by atoms with E-state index in [0.717, 1.165) is 5.56 Å². The highest BCUT2D eigenvalue weighted by Crippen LogP contribution is 2.19. The maximum absolute atomic E-state index is 13.1. The highest BCUT2D eigenvalue weighted by Gasteiger charge is 2.30. The predicted molar refractivity (Wildman–Crippen MR) is 63.1 cm³/mol. The number of halogens is 1. The summed E-state index contributed by atoms with van der Waals surface area (Å²) in [5, 5.41) is 3.29. The second-order valence-corrected chi connectivity index (χ2v) is 4.49. The summed E-state index contributed by atoms with van der Waals surface area (Å²) in [6.45, 7) is 5.75. The molecule has 2 rings (SSSR count). The van der Waals surface area contributed by atoms with Crippen molar-refractivity contribution in [2.45, 2.75) is 25.7 Å². The van der Waals surface area contributed by atoms with Crippen LogP contribution in [0.4, 0.5) is 4.39 Å². The van der Waals surface area contributed by atoms with E-state index in [4.69, 9.17) is 9.47 Å². The molecule has 0 saturated carbocycles. The van der Waals surface area contributed by atoms with E-state index >= 15 is 0 Å². The lowest BCUT2D eigenvalue weighted by Gasteiger charge is -2.25. The minimum atomic E-state index is -0.554. The quantitative estimate of drug-likeness (QED) is 0.874. The molecule has 3 nitrogen and oxygen atoms in total. The number of hydrogen-bond acceptors (Lipinski definition) is 3. The smallest absolute Gasteiger partial charge is 0.178 e. The molecule has 0 radical (unpaired) electrons. The summed E-state index contributed by atoms with van der Waals surface area (Å²) >= 11 is 0. The standard InChI is InChI=1S/C13H18FNO2/c1-10(11-4-3-5-12(14)8-11)15-9-13(2)16-6-7-17-13/h3-5,8,10,15H,6-7,9H2,1-2H3/t10-/m0/s1. The van der Waals surface area contributed by atoms with Gasteiger partial charge in [-0.15, -0.1) is 0 Å². The first-order valence-electron chi connectivity index (χ1n) is 5.86. The molecule has 1 aromatic carbocycles. The Bertz CT molecular complexity index is 377. The SMILES string of the molecule is C[C@H](NCC1(C)OCCO1)c1cccc(F)c1. The van der Waals surface area contributed by atoms with Gasteiger partial charge in [0, 0.05) is 12.6 Å². The van der Waals surface area contributed by atoms with Gasteiger partial charge in [-0.3, -0.25) is 0 Å². The van der Waals surface area contributed by atoms with E-state index in [-0.39, 0.29) is 11.9 Å². The van der Waals surface area contributed by atoms with Crippen molar-refractivity contribution >= 4 is 0 Å². The normalized spacial score (nSPS) is 20.4. The van der Waals surface area contributed by atoms with Crippen molar-refractivity contribution in [2.24, 2.45) is 0 Å². The Hall–Kier alpha value is -0.970. The molecular formula is C13H18FNO2. The van der Waals surface area contributed by atoms with Gasteiger partial charge in [0.2, 0.25) is 0 Å². The highest BCUT2D eigenvalue weighted by molar-refractivity contribution is 5.19. The second kappa shape index (κ2) is 5.12. The summed E-state index contributed by atoms with van der Waals surface area (Å²) in [7, 11) is 0. The zero-order valence-electron chi connectivity index (χ0n) is 10.2. The molecule has 1 fully saturated rings. The van der Waals surface area contributed by atoms with Gasteiger partial charge >= 0.3 is 0 Å². The molecule has 1 N–H and O–H groups in total. The van der Waals surface area contributed by atoms with E-state index in [0.29, 0.717) is 19.8 Å². The Kier molecular flexibility index (Phi) is 3.76. The molecule has 0 unspecified atom stereocenters. The van der Waals surface area contributed by atoms with Crippen molar-refractivity contribution in [3.63, 3.8) is 0 Å². The topological polar surface area (TPSA) is 30.5 Å². The molecule has 4 heteroatoms. The maximum atomic E-state index is 13.1. The van der Waals surface area contributed by atoms with Crippen molar-refractivity contribution in [1.29, 1.82) is 0 Å². The molecule has 1 aliphatic heterocycles. The van der Waals surface area contributed by atoms with Crippen LogP contribution in [0, 0.1) is 5.82 Å². The first-order valence-corrected chi connectivity index (χ1v) is 5.86. The fraction of sp³-hybridized carbons (Fsp3) is 0.538. The summed E-state index contributed by atoms with van der Waals surface area (Å²) in [5.74, 6) is -0.766. The molecule has 0 aliphatic carbocycles. The van der Waals surface area contributed by atoms with Gasteiger partial charge in [0.25, 0.3) is 0 Å². The van der Waals surface area contributed by atoms with Gasteiger partial charge in [0.1, 0.15) is 5.82 Å². The van der Waals surface area contributed by atoms with Crippen LogP contribution in [0.2, 0.25) is 0 Å². The largest absolute Gasteiger partial charge is 0.347 e. The van der Waals surface area contributed by atoms with E-state index in [1.165, 1.54) is 12.1 Å². The van der Waals surface area contributed by atoms with Gasteiger partial charge in [-0.25, -0.2) is 4.39 Å². The van der Waals surface area contributed by atoms with Gasteiger partial charge in [0.15, 0.2) is 5.79 Å². The third-order valence-corrected chi connectivity index (χ3v) is 2.98.